The molecule has 0 radical (unpaired) electrons. The zero-order valence-electron chi connectivity index (χ0n) is 16.3. The third kappa shape index (κ3) is 6.41. The van der Waals surface area contributed by atoms with Crippen LogP contribution in [0.5, 0.6) is 0 Å². The van der Waals surface area contributed by atoms with E-state index in [9.17, 15) is 22.0 Å². The molecule has 0 spiro atoms. The highest BCUT2D eigenvalue weighted by Crippen LogP contribution is 2.28. The van der Waals surface area contributed by atoms with Gasteiger partial charge < -0.3 is 10.2 Å². The van der Waals surface area contributed by atoms with Crippen molar-refractivity contribution >= 4 is 39.1 Å². The van der Waals surface area contributed by atoms with Crippen molar-refractivity contribution in [1.82, 2.24) is 9.62 Å². The number of halogens is 2. The molecule has 2 aromatic carbocycles. The molecule has 1 heterocycles. The number of nitrogens with zero attached hydrogens (tertiary/aromatic N) is 1. The molecule has 1 aliphatic heterocycles. The molecular weight excluding hydrogens is 432 g/mol. The van der Waals surface area contributed by atoms with E-state index in [1.165, 1.54) is 0 Å². The number of carbonyl (C=O) groups excluding carboxylic acids is 1. The molecule has 1 saturated heterocycles. The number of anilines is 2. The minimum Gasteiger partial charge on any atom is -0.355 e. The van der Waals surface area contributed by atoms with Crippen LogP contribution in [-0.2, 0) is 10.0 Å². The fraction of sp³-hybridized carbons (Fsp3) is 0.350. The number of piperidine rings is 1. The van der Waals surface area contributed by atoms with Gasteiger partial charge in [0, 0.05) is 29.7 Å². The molecule has 162 valence electrons. The van der Waals surface area contributed by atoms with E-state index in [4.69, 9.17) is 0 Å². The summed E-state index contributed by atoms with van der Waals surface area (Å²) >= 11 is 0.474. The predicted molar refractivity (Wildman–Crippen MR) is 115 cm³/mol. The Kier molecular flexibility index (Phi) is 7.32. The lowest BCUT2D eigenvalue weighted by Crippen LogP contribution is -2.49. The third-order valence-electron chi connectivity index (χ3n) is 4.61. The topological polar surface area (TPSA) is 78.5 Å². The van der Waals surface area contributed by atoms with Crippen molar-refractivity contribution in [2.45, 2.75) is 29.5 Å². The number of para-hydroxylation sites is 1. The second-order valence-corrected chi connectivity index (χ2v) is 9.90. The van der Waals surface area contributed by atoms with Gasteiger partial charge in [0.15, 0.2) is 0 Å². The number of alkyl halides is 2. The SMILES string of the molecule is CS(=O)(=O)NC1CCCN(C(=O)c2ccccc2Nc2ccc(SC(F)F)cc2)C1. The highest BCUT2D eigenvalue weighted by Gasteiger charge is 2.27. The van der Waals surface area contributed by atoms with Gasteiger partial charge in [0.25, 0.3) is 11.7 Å². The van der Waals surface area contributed by atoms with Crippen molar-refractivity contribution in [3.63, 3.8) is 0 Å². The molecule has 1 unspecified atom stereocenters. The first-order chi connectivity index (χ1) is 14.2. The minimum atomic E-state index is -3.35. The van der Waals surface area contributed by atoms with Crippen molar-refractivity contribution in [2.24, 2.45) is 0 Å². The molecule has 2 N–H and O–H groups in total. The second kappa shape index (κ2) is 9.76. The van der Waals surface area contributed by atoms with E-state index < -0.39 is 15.8 Å². The predicted octanol–water partition coefficient (Wildman–Crippen LogP) is 3.90. The maximum Gasteiger partial charge on any atom is 0.288 e. The van der Waals surface area contributed by atoms with Crippen LogP contribution >= 0.6 is 11.8 Å². The maximum atomic E-state index is 13.1. The Morgan fingerprint density at radius 2 is 1.87 bits per heavy atom. The summed E-state index contributed by atoms with van der Waals surface area (Å²) in [5.41, 5.74) is 1.72. The Bertz CT molecular complexity index is 985. The van der Waals surface area contributed by atoms with Crippen LogP contribution in [0.2, 0.25) is 0 Å². The second-order valence-electron chi connectivity index (χ2n) is 7.05. The molecule has 0 aromatic heterocycles. The Morgan fingerprint density at radius 3 is 2.53 bits per heavy atom. The van der Waals surface area contributed by atoms with Gasteiger partial charge in [-0.25, -0.2) is 13.1 Å². The van der Waals surface area contributed by atoms with Crippen LogP contribution in [0.1, 0.15) is 23.2 Å². The van der Waals surface area contributed by atoms with Gasteiger partial charge in [-0.3, -0.25) is 4.79 Å². The van der Waals surface area contributed by atoms with E-state index >= 15 is 0 Å². The lowest BCUT2D eigenvalue weighted by Gasteiger charge is -2.33. The quantitative estimate of drug-likeness (QED) is 0.619. The number of hydrogen-bond donors (Lipinski definition) is 2. The molecule has 1 aliphatic rings. The molecule has 1 atom stereocenters. The number of rotatable bonds is 7. The van der Waals surface area contributed by atoms with E-state index in [2.05, 4.69) is 10.0 Å². The molecule has 0 saturated carbocycles. The average Bonchev–Trinajstić information content (AvgIpc) is 2.68. The Morgan fingerprint density at radius 1 is 1.17 bits per heavy atom. The lowest BCUT2D eigenvalue weighted by molar-refractivity contribution is 0.0704. The molecule has 10 heteroatoms. The van der Waals surface area contributed by atoms with Gasteiger partial charge in [-0.05, 0) is 49.2 Å². The third-order valence-corrected chi connectivity index (χ3v) is 6.09. The summed E-state index contributed by atoms with van der Waals surface area (Å²) in [4.78, 5) is 15.2. The summed E-state index contributed by atoms with van der Waals surface area (Å²) in [5, 5.41) is 3.17. The van der Waals surface area contributed by atoms with Gasteiger partial charge in [0.05, 0.1) is 17.5 Å². The van der Waals surface area contributed by atoms with E-state index in [1.54, 1.807) is 53.4 Å². The van der Waals surface area contributed by atoms with Crippen molar-refractivity contribution in [3.05, 3.63) is 54.1 Å². The smallest absolute Gasteiger partial charge is 0.288 e. The van der Waals surface area contributed by atoms with Crippen LogP contribution in [0, 0.1) is 0 Å². The Hall–Kier alpha value is -2.17. The van der Waals surface area contributed by atoms with E-state index in [1.807, 2.05) is 0 Å². The van der Waals surface area contributed by atoms with E-state index in [0.29, 0.717) is 59.5 Å². The Labute approximate surface area is 179 Å². The highest BCUT2D eigenvalue weighted by molar-refractivity contribution is 7.99. The standard InChI is InChI=1S/C20H23F2N3O3S2/c1-30(27,28)24-15-5-4-12-25(13-15)19(26)17-6-2-3-7-18(17)23-14-8-10-16(11-9-14)29-20(21)22/h2-3,6-11,15,20,23-24H,4-5,12-13H2,1H3. The number of thioether (sulfide) groups is 1. The van der Waals surface area contributed by atoms with Crippen molar-refractivity contribution in [1.29, 1.82) is 0 Å². The van der Waals surface area contributed by atoms with Gasteiger partial charge in [-0.1, -0.05) is 23.9 Å². The van der Waals surface area contributed by atoms with Crippen LogP contribution in [0.4, 0.5) is 20.2 Å². The normalized spacial score (nSPS) is 17.2. The summed E-state index contributed by atoms with van der Waals surface area (Å²) < 4.78 is 50.6. The summed E-state index contributed by atoms with van der Waals surface area (Å²) in [7, 11) is -3.35. The number of amides is 1. The zero-order chi connectivity index (χ0) is 21.7. The largest absolute Gasteiger partial charge is 0.355 e. The number of likely N-dealkylation sites (tertiary alicyclic amines) is 1. The van der Waals surface area contributed by atoms with E-state index in [-0.39, 0.29) is 11.9 Å². The summed E-state index contributed by atoms with van der Waals surface area (Å²) in [5.74, 6) is -2.67. The van der Waals surface area contributed by atoms with Crippen molar-refractivity contribution in [2.75, 3.05) is 24.7 Å². The molecule has 1 fully saturated rings. The van der Waals surface area contributed by atoms with Crippen LogP contribution in [0.3, 0.4) is 0 Å². The monoisotopic (exact) mass is 455 g/mol. The van der Waals surface area contributed by atoms with Gasteiger partial charge in [0.2, 0.25) is 10.0 Å². The van der Waals surface area contributed by atoms with Crippen LogP contribution < -0.4 is 10.0 Å². The number of benzene rings is 2. The van der Waals surface area contributed by atoms with Crippen LogP contribution in [0.15, 0.2) is 53.4 Å². The minimum absolute atomic E-state index is 0.192. The molecule has 1 amide bonds. The lowest BCUT2D eigenvalue weighted by atomic mass is 10.0. The number of carbonyl (C=O) groups is 1. The van der Waals surface area contributed by atoms with Gasteiger partial charge in [0.1, 0.15) is 0 Å². The Balaban J connectivity index is 1.73. The maximum absolute atomic E-state index is 13.1. The van der Waals surface area contributed by atoms with Gasteiger partial charge in [-0.15, -0.1) is 0 Å². The molecule has 3 rings (SSSR count). The van der Waals surface area contributed by atoms with Crippen LogP contribution in [0.25, 0.3) is 0 Å². The van der Waals surface area contributed by atoms with Gasteiger partial charge in [-0.2, -0.15) is 8.78 Å². The molecule has 30 heavy (non-hydrogen) atoms. The number of nitrogens with one attached hydrogen (secondary N) is 2. The first kappa shape index (κ1) is 22.5. The molecule has 0 bridgehead atoms. The molecule has 2 aromatic rings. The molecule has 0 aliphatic carbocycles. The number of sulfonamides is 1. The van der Waals surface area contributed by atoms with Gasteiger partial charge >= 0.3 is 0 Å². The van der Waals surface area contributed by atoms with Crippen molar-refractivity contribution in [3.8, 4) is 0 Å². The molecular formula is C20H23F2N3O3S2. The first-order valence-electron chi connectivity index (χ1n) is 9.39. The fourth-order valence-corrected chi connectivity index (χ4v) is 4.68. The van der Waals surface area contributed by atoms with E-state index in [0.717, 1.165) is 6.26 Å². The summed E-state index contributed by atoms with van der Waals surface area (Å²) in [6.07, 6.45) is 2.50. The number of hydrogen-bond acceptors (Lipinski definition) is 5. The highest BCUT2D eigenvalue weighted by atomic mass is 32.2. The van der Waals surface area contributed by atoms with Crippen molar-refractivity contribution < 1.29 is 22.0 Å². The van der Waals surface area contributed by atoms with Crippen LogP contribution in [-0.4, -0.2) is 50.4 Å². The molecule has 6 nitrogen and oxygen atoms in total. The summed E-state index contributed by atoms with van der Waals surface area (Å²) in [6.45, 7) is 0.856. The summed E-state index contributed by atoms with van der Waals surface area (Å²) in [6, 6.07) is 13.3. The zero-order valence-corrected chi connectivity index (χ0v) is 18.0. The first-order valence-corrected chi connectivity index (χ1v) is 12.2. The fourth-order valence-electron chi connectivity index (χ4n) is 3.38. The average molecular weight is 456 g/mol.